The quantitative estimate of drug-likeness (QED) is 0.182. The Labute approximate surface area is 264 Å². The molecular formula is C34H37N5O5S. The van der Waals surface area contributed by atoms with Crippen LogP contribution in [0.4, 0.5) is 16.4 Å². The van der Waals surface area contributed by atoms with Crippen LogP contribution < -0.4 is 10.6 Å². The highest BCUT2D eigenvalue weighted by Crippen LogP contribution is 2.28. The molecule has 4 rings (SSSR count). The summed E-state index contributed by atoms with van der Waals surface area (Å²) in [7, 11) is -3.85. The molecule has 0 radical (unpaired) electrons. The van der Waals surface area contributed by atoms with Crippen LogP contribution in [0.1, 0.15) is 56.9 Å². The number of alkyl carbamates (subject to hydrolysis) is 1. The summed E-state index contributed by atoms with van der Waals surface area (Å²) >= 11 is 0. The second kappa shape index (κ2) is 13.5. The summed E-state index contributed by atoms with van der Waals surface area (Å²) in [6.07, 6.45) is 1.31. The third-order valence-electron chi connectivity index (χ3n) is 6.72. The maximum Gasteiger partial charge on any atom is 0.408 e. The minimum Gasteiger partial charge on any atom is -0.444 e. The average molecular weight is 628 g/mol. The lowest BCUT2D eigenvalue weighted by Gasteiger charge is -2.29. The summed E-state index contributed by atoms with van der Waals surface area (Å²) in [5.41, 5.74) is 3.48. The van der Waals surface area contributed by atoms with Crippen LogP contribution in [0.2, 0.25) is 0 Å². The van der Waals surface area contributed by atoms with Gasteiger partial charge in [-0.15, -0.1) is 0 Å². The number of nitrogens with one attached hydrogen (secondary N) is 2. The van der Waals surface area contributed by atoms with E-state index in [0.717, 1.165) is 16.7 Å². The Hall–Kier alpha value is -4.79. The highest BCUT2D eigenvalue weighted by molar-refractivity contribution is 7.86. The molecule has 0 atom stereocenters. The molecule has 3 aromatic carbocycles. The first-order valence-electron chi connectivity index (χ1n) is 14.4. The van der Waals surface area contributed by atoms with Crippen LogP contribution in [-0.2, 0) is 31.0 Å². The van der Waals surface area contributed by atoms with Gasteiger partial charge in [0.2, 0.25) is 5.95 Å². The summed E-state index contributed by atoms with van der Waals surface area (Å²) < 4.78 is 35.6. The van der Waals surface area contributed by atoms with Gasteiger partial charge in [-0.25, -0.2) is 14.8 Å². The molecule has 1 amide bonds. The number of amides is 1. The van der Waals surface area contributed by atoms with Crippen molar-refractivity contribution >= 4 is 27.8 Å². The molecule has 10 nitrogen and oxygen atoms in total. The molecule has 0 bridgehead atoms. The molecule has 4 aromatic rings. The number of carbonyl (C=O) groups is 1. The zero-order valence-electron chi connectivity index (χ0n) is 26.2. The second-order valence-corrected chi connectivity index (χ2v) is 13.7. The van der Waals surface area contributed by atoms with Gasteiger partial charge >= 0.3 is 6.09 Å². The van der Waals surface area contributed by atoms with E-state index in [1.807, 2.05) is 69.3 Å². The van der Waals surface area contributed by atoms with E-state index in [1.165, 1.54) is 18.3 Å². The minimum atomic E-state index is -3.85. The molecule has 0 saturated heterocycles. The van der Waals surface area contributed by atoms with Crippen LogP contribution in [0.3, 0.4) is 0 Å². The maximum absolute atomic E-state index is 12.5. The number of hydrogen-bond donors (Lipinski definition) is 2. The fourth-order valence-electron chi connectivity index (χ4n) is 4.40. The van der Waals surface area contributed by atoms with Crippen molar-refractivity contribution in [3.05, 3.63) is 101 Å². The molecule has 2 N–H and O–H groups in total. The van der Waals surface area contributed by atoms with Crippen molar-refractivity contribution in [2.75, 3.05) is 11.9 Å². The van der Waals surface area contributed by atoms with Crippen LogP contribution in [0.25, 0.3) is 11.3 Å². The SMILES string of the molecule is Cc1ccc(S(=O)(=O)OCCc2cccc(Nc3ncc(C#N)c(-c4ccc(C(C)(C)NC(=O)OC(C)(C)C)cc4)n3)c2)cc1. The summed E-state index contributed by atoms with van der Waals surface area (Å²) in [5, 5.41) is 15.8. The Morgan fingerprint density at radius 1 is 0.978 bits per heavy atom. The van der Waals surface area contributed by atoms with Crippen molar-refractivity contribution < 1.29 is 22.1 Å². The van der Waals surface area contributed by atoms with Gasteiger partial charge in [-0.3, -0.25) is 4.18 Å². The number of rotatable bonds is 10. The van der Waals surface area contributed by atoms with Gasteiger partial charge in [-0.1, -0.05) is 54.1 Å². The first kappa shape index (κ1) is 33.1. The normalized spacial score (nSPS) is 11.8. The summed E-state index contributed by atoms with van der Waals surface area (Å²) in [6, 6.07) is 23.5. The molecule has 45 heavy (non-hydrogen) atoms. The van der Waals surface area contributed by atoms with Crippen molar-refractivity contribution in [1.29, 1.82) is 5.26 Å². The maximum atomic E-state index is 12.5. The Kier molecular flexibility index (Phi) is 9.91. The van der Waals surface area contributed by atoms with Gasteiger partial charge in [-0.05, 0) is 83.4 Å². The molecular weight excluding hydrogens is 590 g/mol. The number of aryl methyl sites for hydroxylation is 1. The van der Waals surface area contributed by atoms with E-state index in [-0.39, 0.29) is 17.5 Å². The van der Waals surface area contributed by atoms with Crippen molar-refractivity contribution in [3.8, 4) is 17.3 Å². The number of benzene rings is 3. The number of nitrogens with zero attached hydrogens (tertiary/aromatic N) is 3. The van der Waals surface area contributed by atoms with E-state index >= 15 is 0 Å². The molecule has 0 aliphatic heterocycles. The minimum absolute atomic E-state index is 0.0166. The topological polar surface area (TPSA) is 143 Å². The lowest BCUT2D eigenvalue weighted by Crippen LogP contribution is -2.43. The molecule has 11 heteroatoms. The number of anilines is 2. The molecule has 0 unspecified atom stereocenters. The fraction of sp³-hybridized carbons (Fsp3) is 0.294. The highest BCUT2D eigenvalue weighted by atomic mass is 32.2. The Morgan fingerprint density at radius 2 is 1.67 bits per heavy atom. The first-order chi connectivity index (χ1) is 21.1. The van der Waals surface area contributed by atoms with Gasteiger partial charge in [0, 0.05) is 11.3 Å². The van der Waals surface area contributed by atoms with Gasteiger partial charge in [0.05, 0.1) is 34.5 Å². The van der Waals surface area contributed by atoms with E-state index in [9.17, 15) is 18.5 Å². The van der Waals surface area contributed by atoms with Gasteiger partial charge < -0.3 is 15.4 Å². The number of ether oxygens (including phenoxy) is 1. The van der Waals surface area contributed by atoms with Crippen LogP contribution in [0.15, 0.2) is 83.9 Å². The number of aromatic nitrogens is 2. The van der Waals surface area contributed by atoms with Crippen molar-refractivity contribution in [1.82, 2.24) is 15.3 Å². The molecule has 0 spiro atoms. The van der Waals surface area contributed by atoms with Gasteiger partial charge in [0.25, 0.3) is 10.1 Å². The Balaban J connectivity index is 1.45. The predicted molar refractivity (Wildman–Crippen MR) is 172 cm³/mol. The van der Waals surface area contributed by atoms with Crippen LogP contribution in [0.5, 0.6) is 0 Å². The van der Waals surface area contributed by atoms with Gasteiger partial charge in [0.1, 0.15) is 11.7 Å². The molecule has 0 fully saturated rings. The Morgan fingerprint density at radius 3 is 2.31 bits per heavy atom. The van der Waals surface area contributed by atoms with Crippen LogP contribution in [-0.4, -0.2) is 36.7 Å². The van der Waals surface area contributed by atoms with Gasteiger partial charge in [-0.2, -0.15) is 13.7 Å². The monoisotopic (exact) mass is 627 g/mol. The third-order valence-corrected chi connectivity index (χ3v) is 8.05. The molecule has 0 aliphatic carbocycles. The van der Waals surface area contributed by atoms with E-state index < -0.39 is 27.4 Å². The zero-order chi connectivity index (χ0) is 32.8. The van der Waals surface area contributed by atoms with Crippen LogP contribution >= 0.6 is 0 Å². The molecule has 234 valence electrons. The van der Waals surface area contributed by atoms with Crippen molar-refractivity contribution in [2.45, 2.75) is 64.0 Å². The largest absolute Gasteiger partial charge is 0.444 e. The van der Waals surface area contributed by atoms with Gasteiger partial charge in [0.15, 0.2) is 0 Å². The average Bonchev–Trinajstić information content (AvgIpc) is 2.96. The third kappa shape index (κ3) is 9.11. The van der Waals surface area contributed by atoms with E-state index in [1.54, 1.807) is 32.9 Å². The second-order valence-electron chi connectivity index (χ2n) is 12.1. The van der Waals surface area contributed by atoms with Crippen molar-refractivity contribution in [2.24, 2.45) is 0 Å². The van der Waals surface area contributed by atoms with E-state index in [2.05, 4.69) is 26.7 Å². The lowest BCUT2D eigenvalue weighted by molar-refractivity contribution is 0.0470. The van der Waals surface area contributed by atoms with E-state index in [4.69, 9.17) is 8.92 Å². The standard InChI is InChI=1S/C34H37N5O5S/c1-23-10-16-29(17-11-23)45(41,42)43-19-18-24-8-7-9-28(20-24)37-31-36-22-26(21-35)30(38-31)25-12-14-27(15-13-25)34(5,6)39-32(40)44-33(2,3)4/h7-17,20,22H,18-19H2,1-6H3,(H,39,40)(H,36,37,38). The smallest absolute Gasteiger partial charge is 0.408 e. The van der Waals surface area contributed by atoms with Crippen LogP contribution in [0, 0.1) is 18.3 Å². The van der Waals surface area contributed by atoms with E-state index in [0.29, 0.717) is 28.9 Å². The lowest BCUT2D eigenvalue weighted by atomic mass is 9.93. The Bertz CT molecular complexity index is 1810. The summed E-state index contributed by atoms with van der Waals surface area (Å²) in [5.74, 6) is 0.287. The molecule has 0 aliphatic rings. The van der Waals surface area contributed by atoms with Crippen molar-refractivity contribution in [3.63, 3.8) is 0 Å². The number of nitriles is 1. The predicted octanol–water partition coefficient (Wildman–Crippen LogP) is 6.78. The summed E-state index contributed by atoms with van der Waals surface area (Å²) in [4.78, 5) is 21.4. The molecule has 1 heterocycles. The first-order valence-corrected chi connectivity index (χ1v) is 15.8. The molecule has 1 aromatic heterocycles. The zero-order valence-corrected chi connectivity index (χ0v) is 27.0. The number of carbonyl (C=O) groups excluding carboxylic acids is 1. The fourth-order valence-corrected chi connectivity index (χ4v) is 5.30. The molecule has 0 saturated carbocycles. The highest BCUT2D eigenvalue weighted by Gasteiger charge is 2.26. The summed E-state index contributed by atoms with van der Waals surface area (Å²) in [6.45, 7) is 11.0. The number of hydrogen-bond acceptors (Lipinski definition) is 9.